The number of carbonyl (C=O) groups is 1. The summed E-state index contributed by atoms with van der Waals surface area (Å²) in [5.74, 6) is -0.297. The number of nitrogens with zero attached hydrogens (tertiary/aromatic N) is 1. The Kier molecular flexibility index (Phi) is 7.47. The van der Waals surface area contributed by atoms with Gasteiger partial charge in [0.2, 0.25) is 10.0 Å². The van der Waals surface area contributed by atoms with Gasteiger partial charge in [-0.05, 0) is 50.2 Å². The Morgan fingerprint density at radius 1 is 1.52 bits per heavy atom. The minimum atomic E-state index is -3.67. The third-order valence-corrected chi connectivity index (χ3v) is 7.12. The summed E-state index contributed by atoms with van der Waals surface area (Å²) < 4.78 is 32.1. The van der Waals surface area contributed by atoms with E-state index in [9.17, 15) is 13.2 Å². The molecule has 23 heavy (non-hydrogen) atoms. The standard InChI is InChI=1S/C14H22N2O4S2.ClH/c1-10-9-21-12(14(17)20-3)13(10)22(18,19)16-6-4-5-11(8-16)7-15-2;/h9,11,15H,4-8H2,1-3H3;1H. The van der Waals surface area contributed by atoms with Gasteiger partial charge in [-0.3, -0.25) is 0 Å². The van der Waals surface area contributed by atoms with Crippen LogP contribution in [0.5, 0.6) is 0 Å². The highest BCUT2D eigenvalue weighted by atomic mass is 35.5. The number of methoxy groups -OCH3 is 1. The lowest BCUT2D eigenvalue weighted by molar-refractivity contribution is 0.0602. The SMILES string of the molecule is CNCC1CCCN(S(=O)(=O)c2c(C)csc2C(=O)OC)C1.Cl. The van der Waals surface area contributed by atoms with Crippen molar-refractivity contribution in [2.45, 2.75) is 24.7 Å². The fourth-order valence-electron chi connectivity index (χ4n) is 2.82. The van der Waals surface area contributed by atoms with Crippen molar-refractivity contribution in [2.75, 3.05) is 33.8 Å². The first-order valence-corrected chi connectivity index (χ1v) is 9.55. The Hall–Kier alpha value is -0.670. The topological polar surface area (TPSA) is 75.7 Å². The summed E-state index contributed by atoms with van der Waals surface area (Å²) in [6.45, 7) is 3.49. The molecule has 0 aliphatic carbocycles. The molecule has 1 fully saturated rings. The fraction of sp³-hybridized carbons (Fsp3) is 0.643. The number of hydrogen-bond donors (Lipinski definition) is 1. The third-order valence-electron chi connectivity index (χ3n) is 3.86. The predicted octanol–water partition coefficient (Wildman–Crippen LogP) is 1.89. The maximum Gasteiger partial charge on any atom is 0.349 e. The Labute approximate surface area is 147 Å². The van der Waals surface area contributed by atoms with Gasteiger partial charge >= 0.3 is 5.97 Å². The van der Waals surface area contributed by atoms with Crippen molar-refractivity contribution in [3.8, 4) is 0 Å². The molecule has 1 aromatic rings. The van der Waals surface area contributed by atoms with Gasteiger partial charge in [0.25, 0.3) is 0 Å². The number of aryl methyl sites for hydroxylation is 1. The van der Waals surface area contributed by atoms with Gasteiger partial charge in [-0.1, -0.05) is 0 Å². The highest BCUT2D eigenvalue weighted by Crippen LogP contribution is 2.32. The first kappa shape index (κ1) is 20.4. The Morgan fingerprint density at radius 2 is 2.22 bits per heavy atom. The van der Waals surface area contributed by atoms with Gasteiger partial charge in [-0.25, -0.2) is 13.2 Å². The van der Waals surface area contributed by atoms with E-state index in [4.69, 9.17) is 4.74 Å². The van der Waals surface area contributed by atoms with Crippen molar-refractivity contribution in [2.24, 2.45) is 5.92 Å². The largest absolute Gasteiger partial charge is 0.465 e. The van der Waals surface area contributed by atoms with Gasteiger partial charge < -0.3 is 10.1 Å². The number of rotatable bonds is 5. The molecule has 2 heterocycles. The number of halogens is 1. The molecule has 2 rings (SSSR count). The second-order valence-corrected chi connectivity index (χ2v) is 8.25. The maximum atomic E-state index is 13.0. The number of piperidine rings is 1. The lowest BCUT2D eigenvalue weighted by Gasteiger charge is -2.32. The van der Waals surface area contributed by atoms with Crippen molar-refractivity contribution in [3.05, 3.63) is 15.8 Å². The van der Waals surface area contributed by atoms with E-state index in [-0.39, 0.29) is 22.2 Å². The van der Waals surface area contributed by atoms with Crippen LogP contribution in [-0.4, -0.2) is 52.5 Å². The van der Waals surface area contributed by atoms with E-state index in [1.807, 2.05) is 7.05 Å². The molecule has 6 nitrogen and oxygen atoms in total. The number of hydrogen-bond acceptors (Lipinski definition) is 6. The van der Waals surface area contributed by atoms with Crippen molar-refractivity contribution < 1.29 is 17.9 Å². The molecule has 1 atom stereocenters. The molecule has 0 saturated carbocycles. The van der Waals surface area contributed by atoms with E-state index in [0.717, 1.165) is 30.7 Å². The maximum absolute atomic E-state index is 13.0. The Balaban J connectivity index is 0.00000264. The summed E-state index contributed by atoms with van der Waals surface area (Å²) in [7, 11) is -0.543. The summed E-state index contributed by atoms with van der Waals surface area (Å²) in [6.07, 6.45) is 1.85. The van der Waals surface area contributed by atoms with Gasteiger partial charge in [0, 0.05) is 13.1 Å². The molecule has 1 N–H and O–H groups in total. The smallest absolute Gasteiger partial charge is 0.349 e. The molecule has 1 saturated heterocycles. The van der Waals surface area contributed by atoms with E-state index >= 15 is 0 Å². The average Bonchev–Trinajstić information content (AvgIpc) is 2.89. The number of sulfonamides is 1. The van der Waals surface area contributed by atoms with Crippen LogP contribution in [0.15, 0.2) is 10.3 Å². The molecule has 0 amide bonds. The van der Waals surface area contributed by atoms with Crippen molar-refractivity contribution in [3.63, 3.8) is 0 Å². The summed E-state index contributed by atoms with van der Waals surface area (Å²) in [5.41, 5.74) is 0.598. The van der Waals surface area contributed by atoms with Crippen LogP contribution in [0.3, 0.4) is 0 Å². The minimum Gasteiger partial charge on any atom is -0.465 e. The molecular weight excluding hydrogens is 360 g/mol. The molecule has 1 aliphatic heterocycles. The highest BCUT2D eigenvalue weighted by Gasteiger charge is 2.35. The van der Waals surface area contributed by atoms with Gasteiger partial charge in [0.05, 0.1) is 7.11 Å². The molecule has 1 aromatic heterocycles. The van der Waals surface area contributed by atoms with Crippen LogP contribution in [0.1, 0.15) is 28.1 Å². The molecule has 0 spiro atoms. The van der Waals surface area contributed by atoms with Crippen LogP contribution in [0.25, 0.3) is 0 Å². The molecule has 0 bridgehead atoms. The minimum absolute atomic E-state index is 0. The second-order valence-electron chi connectivity index (χ2n) is 5.50. The van der Waals surface area contributed by atoms with E-state index in [1.165, 1.54) is 11.4 Å². The zero-order valence-electron chi connectivity index (χ0n) is 13.5. The van der Waals surface area contributed by atoms with Crippen LogP contribution < -0.4 is 5.32 Å². The normalized spacial score (nSPS) is 19.2. The fourth-order valence-corrected chi connectivity index (χ4v) is 6.03. The lowest BCUT2D eigenvalue weighted by Crippen LogP contribution is -2.42. The zero-order chi connectivity index (χ0) is 16.3. The summed E-state index contributed by atoms with van der Waals surface area (Å²) in [5, 5.41) is 4.79. The Morgan fingerprint density at radius 3 is 2.83 bits per heavy atom. The summed E-state index contributed by atoms with van der Waals surface area (Å²) in [4.78, 5) is 12.1. The molecule has 132 valence electrons. The first-order valence-electron chi connectivity index (χ1n) is 7.23. The second kappa shape index (κ2) is 8.43. The lowest BCUT2D eigenvalue weighted by atomic mass is 10.00. The zero-order valence-corrected chi connectivity index (χ0v) is 15.9. The van der Waals surface area contributed by atoms with E-state index < -0.39 is 16.0 Å². The van der Waals surface area contributed by atoms with Crippen molar-refractivity contribution in [1.82, 2.24) is 9.62 Å². The number of esters is 1. The van der Waals surface area contributed by atoms with Gasteiger partial charge in [-0.2, -0.15) is 4.31 Å². The summed E-state index contributed by atoms with van der Waals surface area (Å²) in [6, 6.07) is 0. The number of carbonyl (C=O) groups excluding carboxylic acids is 1. The van der Waals surface area contributed by atoms with Crippen LogP contribution >= 0.6 is 23.7 Å². The van der Waals surface area contributed by atoms with Gasteiger partial charge in [0.1, 0.15) is 9.77 Å². The third kappa shape index (κ3) is 4.24. The van der Waals surface area contributed by atoms with Gasteiger partial charge in [-0.15, -0.1) is 23.7 Å². The van der Waals surface area contributed by atoms with Crippen LogP contribution in [0, 0.1) is 12.8 Å². The van der Waals surface area contributed by atoms with E-state index in [2.05, 4.69) is 5.32 Å². The molecule has 0 aromatic carbocycles. The van der Waals surface area contributed by atoms with Crippen LogP contribution in [0.4, 0.5) is 0 Å². The number of ether oxygens (including phenoxy) is 1. The number of nitrogens with one attached hydrogen (secondary N) is 1. The van der Waals surface area contributed by atoms with Crippen LogP contribution in [0.2, 0.25) is 0 Å². The molecule has 1 aliphatic rings. The average molecular weight is 383 g/mol. The quantitative estimate of drug-likeness (QED) is 0.787. The van der Waals surface area contributed by atoms with Gasteiger partial charge in [0.15, 0.2) is 0 Å². The molecule has 9 heteroatoms. The molecule has 0 radical (unpaired) electrons. The molecule has 1 unspecified atom stereocenters. The first-order chi connectivity index (χ1) is 10.4. The van der Waals surface area contributed by atoms with Crippen molar-refractivity contribution >= 4 is 39.7 Å². The summed E-state index contributed by atoms with van der Waals surface area (Å²) >= 11 is 1.12. The van der Waals surface area contributed by atoms with E-state index in [1.54, 1.807) is 12.3 Å². The molecular formula is C14H23ClN2O4S2. The highest BCUT2D eigenvalue weighted by molar-refractivity contribution is 7.89. The number of thiophene rings is 1. The predicted molar refractivity (Wildman–Crippen MR) is 93.1 cm³/mol. The monoisotopic (exact) mass is 382 g/mol. The van der Waals surface area contributed by atoms with E-state index in [0.29, 0.717) is 24.6 Å². The van der Waals surface area contributed by atoms with Crippen molar-refractivity contribution in [1.29, 1.82) is 0 Å². The van der Waals surface area contributed by atoms with Crippen LogP contribution in [-0.2, 0) is 14.8 Å². The Bertz CT molecular complexity index is 643.